The Morgan fingerprint density at radius 1 is 1.05 bits per heavy atom. The first-order valence-electron chi connectivity index (χ1n) is 5.81. The lowest BCUT2D eigenvalue weighted by atomic mass is 10.2. The highest BCUT2D eigenvalue weighted by Gasteiger charge is 2.05. The predicted molar refractivity (Wildman–Crippen MR) is 71.3 cm³/mol. The molecule has 5 heteroatoms. The molecule has 1 aromatic heterocycles. The molecule has 0 aliphatic rings. The number of ether oxygens (including phenoxy) is 1. The minimum Gasteiger partial charge on any atom is -0.457 e. The van der Waals surface area contributed by atoms with E-state index in [-0.39, 0.29) is 5.56 Å². The summed E-state index contributed by atoms with van der Waals surface area (Å²) in [6, 6.07) is 14.6. The quantitative estimate of drug-likeness (QED) is 0.702. The zero-order valence-electron chi connectivity index (χ0n) is 10.3. The third kappa shape index (κ3) is 2.18. The van der Waals surface area contributed by atoms with Gasteiger partial charge in [-0.1, -0.05) is 23.4 Å². The van der Waals surface area contributed by atoms with E-state index in [1.54, 1.807) is 25.2 Å². The number of benzene rings is 2. The Kier molecular flexibility index (Phi) is 2.72. The van der Waals surface area contributed by atoms with Crippen molar-refractivity contribution >= 4 is 10.9 Å². The lowest BCUT2D eigenvalue weighted by molar-refractivity contribution is 0.483. The summed E-state index contributed by atoms with van der Waals surface area (Å²) in [5.41, 5.74) is 0.368. The van der Waals surface area contributed by atoms with Crippen molar-refractivity contribution < 1.29 is 4.74 Å². The molecule has 0 bridgehead atoms. The van der Waals surface area contributed by atoms with Crippen LogP contribution in [0.3, 0.4) is 0 Å². The Morgan fingerprint density at radius 3 is 2.63 bits per heavy atom. The molecule has 19 heavy (non-hydrogen) atoms. The van der Waals surface area contributed by atoms with Crippen molar-refractivity contribution in [1.29, 1.82) is 0 Å². The second-order valence-electron chi connectivity index (χ2n) is 4.11. The number of rotatable bonds is 2. The summed E-state index contributed by atoms with van der Waals surface area (Å²) in [5.74, 6) is 1.32. The molecule has 0 saturated carbocycles. The largest absolute Gasteiger partial charge is 0.457 e. The maximum absolute atomic E-state index is 11.9. The van der Waals surface area contributed by atoms with Crippen molar-refractivity contribution in [3.05, 3.63) is 58.9 Å². The minimum atomic E-state index is -0.191. The number of nitrogens with zero attached hydrogens (tertiary/aromatic N) is 3. The Labute approximate surface area is 109 Å². The molecule has 3 aromatic rings. The van der Waals surface area contributed by atoms with Crippen LogP contribution in [-0.4, -0.2) is 15.0 Å². The summed E-state index contributed by atoms with van der Waals surface area (Å²) in [4.78, 5) is 11.9. The van der Waals surface area contributed by atoms with Crippen LogP contribution in [0.4, 0.5) is 0 Å². The van der Waals surface area contributed by atoms with Gasteiger partial charge < -0.3 is 4.74 Å². The number of hydrogen-bond donors (Lipinski definition) is 0. The molecule has 3 rings (SSSR count). The van der Waals surface area contributed by atoms with Gasteiger partial charge in [0.1, 0.15) is 17.0 Å². The highest BCUT2D eigenvalue weighted by molar-refractivity contribution is 5.78. The summed E-state index contributed by atoms with van der Waals surface area (Å²) in [5, 5.41) is 8.17. The number of aryl methyl sites for hydroxylation is 1. The van der Waals surface area contributed by atoms with Crippen molar-refractivity contribution in [1.82, 2.24) is 15.0 Å². The van der Waals surface area contributed by atoms with Gasteiger partial charge >= 0.3 is 0 Å². The van der Waals surface area contributed by atoms with Gasteiger partial charge in [0.25, 0.3) is 5.56 Å². The summed E-state index contributed by atoms with van der Waals surface area (Å²) in [6.07, 6.45) is 0. The van der Waals surface area contributed by atoms with E-state index < -0.39 is 0 Å². The normalized spacial score (nSPS) is 10.6. The van der Waals surface area contributed by atoms with Crippen LogP contribution >= 0.6 is 0 Å². The molecule has 0 amide bonds. The lowest BCUT2D eigenvalue weighted by Crippen LogP contribution is -2.20. The summed E-state index contributed by atoms with van der Waals surface area (Å²) in [6.45, 7) is 0. The van der Waals surface area contributed by atoms with Gasteiger partial charge in [0.05, 0.1) is 5.39 Å². The average molecular weight is 253 g/mol. The van der Waals surface area contributed by atoms with E-state index in [1.165, 1.54) is 4.68 Å². The van der Waals surface area contributed by atoms with Crippen molar-refractivity contribution in [2.45, 2.75) is 0 Å². The van der Waals surface area contributed by atoms with Crippen LogP contribution in [-0.2, 0) is 7.05 Å². The second kappa shape index (κ2) is 4.53. The Morgan fingerprint density at radius 2 is 1.84 bits per heavy atom. The molecule has 94 valence electrons. The van der Waals surface area contributed by atoms with Gasteiger partial charge in [0.15, 0.2) is 0 Å². The standard InChI is InChI=1S/C14H11N3O2/c1-17-14(18)12-9-11(7-8-13(12)15-16-17)19-10-5-3-2-4-6-10/h2-9H,1H3. The Bertz CT molecular complexity index is 782. The summed E-state index contributed by atoms with van der Waals surface area (Å²) < 4.78 is 6.89. The molecule has 0 spiro atoms. The van der Waals surface area contributed by atoms with E-state index in [0.29, 0.717) is 16.7 Å². The Hall–Kier alpha value is -2.69. The predicted octanol–water partition coefficient (Wildman–Crippen LogP) is 2.12. The highest BCUT2D eigenvalue weighted by Crippen LogP contribution is 2.22. The minimum absolute atomic E-state index is 0.191. The first-order valence-corrected chi connectivity index (χ1v) is 5.81. The van der Waals surface area contributed by atoms with E-state index in [2.05, 4.69) is 10.3 Å². The monoisotopic (exact) mass is 253 g/mol. The van der Waals surface area contributed by atoms with Gasteiger partial charge in [0, 0.05) is 7.05 Å². The first kappa shape index (κ1) is 11.4. The van der Waals surface area contributed by atoms with Crippen molar-refractivity contribution in [3.63, 3.8) is 0 Å². The van der Waals surface area contributed by atoms with Crippen LogP contribution in [0, 0.1) is 0 Å². The van der Waals surface area contributed by atoms with Crippen LogP contribution in [0.2, 0.25) is 0 Å². The molecule has 2 aromatic carbocycles. The van der Waals surface area contributed by atoms with Gasteiger partial charge in [-0.2, -0.15) is 0 Å². The van der Waals surface area contributed by atoms with Crippen molar-refractivity contribution in [3.8, 4) is 11.5 Å². The molecule has 0 N–H and O–H groups in total. The third-order valence-electron chi connectivity index (χ3n) is 2.76. The van der Waals surface area contributed by atoms with Crippen LogP contribution in [0.15, 0.2) is 53.3 Å². The highest BCUT2D eigenvalue weighted by atomic mass is 16.5. The van der Waals surface area contributed by atoms with Crippen LogP contribution < -0.4 is 10.3 Å². The van der Waals surface area contributed by atoms with E-state index in [4.69, 9.17) is 4.74 Å². The SMILES string of the molecule is Cn1nnc2ccc(Oc3ccccc3)cc2c1=O. The van der Waals surface area contributed by atoms with Crippen molar-refractivity contribution in [2.75, 3.05) is 0 Å². The topological polar surface area (TPSA) is 57.0 Å². The molecule has 1 heterocycles. The Balaban J connectivity index is 2.07. The number of para-hydroxylation sites is 1. The second-order valence-corrected chi connectivity index (χ2v) is 4.11. The van der Waals surface area contributed by atoms with E-state index in [1.807, 2.05) is 30.3 Å². The maximum atomic E-state index is 11.9. The molecule has 0 aliphatic carbocycles. The summed E-state index contributed by atoms with van der Waals surface area (Å²) in [7, 11) is 1.57. The molecule has 0 unspecified atom stereocenters. The summed E-state index contributed by atoms with van der Waals surface area (Å²) >= 11 is 0. The number of hydrogen-bond acceptors (Lipinski definition) is 4. The van der Waals surface area contributed by atoms with E-state index >= 15 is 0 Å². The van der Waals surface area contributed by atoms with Gasteiger partial charge in [-0.25, -0.2) is 4.68 Å². The van der Waals surface area contributed by atoms with Crippen molar-refractivity contribution in [2.24, 2.45) is 7.05 Å². The zero-order valence-corrected chi connectivity index (χ0v) is 10.3. The van der Waals surface area contributed by atoms with Crippen LogP contribution in [0.5, 0.6) is 11.5 Å². The zero-order chi connectivity index (χ0) is 13.2. The van der Waals surface area contributed by atoms with Crippen LogP contribution in [0.1, 0.15) is 0 Å². The fourth-order valence-electron chi connectivity index (χ4n) is 1.79. The number of aromatic nitrogens is 3. The molecule has 0 saturated heterocycles. The first-order chi connectivity index (χ1) is 9.24. The maximum Gasteiger partial charge on any atom is 0.277 e. The molecule has 0 radical (unpaired) electrons. The number of fused-ring (bicyclic) bond motifs is 1. The molecule has 0 aliphatic heterocycles. The molecular weight excluding hydrogens is 242 g/mol. The van der Waals surface area contributed by atoms with Gasteiger partial charge in [-0.05, 0) is 30.3 Å². The third-order valence-corrected chi connectivity index (χ3v) is 2.76. The molecule has 5 nitrogen and oxygen atoms in total. The lowest BCUT2D eigenvalue weighted by Gasteiger charge is -2.06. The molecule has 0 atom stereocenters. The van der Waals surface area contributed by atoms with Crippen LogP contribution in [0.25, 0.3) is 10.9 Å². The van der Waals surface area contributed by atoms with Gasteiger partial charge in [-0.15, -0.1) is 5.10 Å². The smallest absolute Gasteiger partial charge is 0.277 e. The molecular formula is C14H11N3O2. The average Bonchev–Trinajstić information content (AvgIpc) is 2.45. The van der Waals surface area contributed by atoms with Gasteiger partial charge in [0.2, 0.25) is 0 Å². The van der Waals surface area contributed by atoms with E-state index in [9.17, 15) is 4.79 Å². The fourth-order valence-corrected chi connectivity index (χ4v) is 1.79. The fraction of sp³-hybridized carbons (Fsp3) is 0.0714. The molecule has 0 fully saturated rings. The van der Waals surface area contributed by atoms with E-state index in [0.717, 1.165) is 5.75 Å². The van der Waals surface area contributed by atoms with Gasteiger partial charge in [-0.3, -0.25) is 4.79 Å².